The Morgan fingerprint density at radius 2 is 1.48 bits per heavy atom. The van der Waals surface area contributed by atoms with Gasteiger partial charge in [-0.2, -0.15) is 5.10 Å². The Morgan fingerprint density at radius 3 is 2.26 bits per heavy atom. The Morgan fingerprint density at radius 1 is 0.741 bits per heavy atom. The van der Waals surface area contributed by atoms with E-state index in [1.54, 1.807) is 0 Å². The summed E-state index contributed by atoms with van der Waals surface area (Å²) in [7, 11) is 0. The second kappa shape index (κ2) is 6.59. The lowest BCUT2D eigenvalue weighted by molar-refractivity contribution is 0.917. The first-order chi connectivity index (χ1) is 13.2. The summed E-state index contributed by atoms with van der Waals surface area (Å²) in [6.07, 6.45) is 1.93. The van der Waals surface area contributed by atoms with E-state index in [0.717, 1.165) is 47.7 Å². The molecule has 5 aromatic rings. The number of aromatic nitrogens is 3. The van der Waals surface area contributed by atoms with E-state index >= 15 is 0 Å². The fourth-order valence-electron chi connectivity index (χ4n) is 3.33. The lowest BCUT2D eigenvalue weighted by atomic mass is 10.1. The van der Waals surface area contributed by atoms with Crippen molar-refractivity contribution in [3.05, 3.63) is 87.9 Å². The zero-order chi connectivity index (χ0) is 18.4. The molecule has 0 radical (unpaired) electrons. The average molecular weight is 479 g/mol. The van der Waals surface area contributed by atoms with Gasteiger partial charge in [-0.25, -0.2) is 4.68 Å². The van der Waals surface area contributed by atoms with Crippen LogP contribution in [0.1, 0.15) is 0 Å². The van der Waals surface area contributed by atoms with E-state index in [1.807, 2.05) is 53.3 Å². The van der Waals surface area contributed by atoms with Crippen molar-refractivity contribution in [3.63, 3.8) is 0 Å². The molecule has 0 aliphatic carbocycles. The monoisotopic (exact) mass is 477 g/mol. The van der Waals surface area contributed by atoms with Crippen molar-refractivity contribution in [1.82, 2.24) is 14.8 Å². The molecule has 130 valence electrons. The average Bonchev–Trinajstić information content (AvgIpc) is 3.09. The maximum Gasteiger partial charge on any atom is 0.102 e. The Kier molecular flexibility index (Phi) is 4.06. The molecule has 2 aromatic heterocycles. The van der Waals surface area contributed by atoms with Crippen LogP contribution in [0, 0.1) is 0 Å². The van der Waals surface area contributed by atoms with Gasteiger partial charge in [-0.05, 0) is 42.5 Å². The van der Waals surface area contributed by atoms with Crippen LogP contribution in [0.5, 0.6) is 0 Å². The normalized spacial score (nSPS) is 11.3. The number of fused-ring (bicyclic) bond motifs is 3. The molecule has 0 atom stereocenters. The van der Waals surface area contributed by atoms with Crippen molar-refractivity contribution in [3.8, 4) is 16.9 Å². The van der Waals surface area contributed by atoms with Crippen LogP contribution in [0.3, 0.4) is 0 Å². The van der Waals surface area contributed by atoms with Crippen molar-refractivity contribution in [2.45, 2.75) is 0 Å². The highest BCUT2D eigenvalue weighted by atomic mass is 79.9. The van der Waals surface area contributed by atoms with E-state index < -0.39 is 0 Å². The topological polar surface area (TPSA) is 30.7 Å². The minimum atomic E-state index is 0.933. The lowest BCUT2D eigenvalue weighted by Crippen LogP contribution is -1.97. The highest BCUT2D eigenvalue weighted by Gasteiger charge is 2.17. The van der Waals surface area contributed by atoms with Crippen LogP contribution < -0.4 is 0 Å². The van der Waals surface area contributed by atoms with Gasteiger partial charge in [0.25, 0.3) is 0 Å². The minimum absolute atomic E-state index is 0.933. The molecular weight excluding hydrogens is 466 g/mol. The lowest BCUT2D eigenvalue weighted by Gasteiger charge is -2.06. The summed E-state index contributed by atoms with van der Waals surface area (Å²) in [5.74, 6) is 0. The van der Waals surface area contributed by atoms with Crippen molar-refractivity contribution >= 4 is 53.7 Å². The predicted molar refractivity (Wildman–Crippen MR) is 117 cm³/mol. The number of halogens is 2. The van der Waals surface area contributed by atoms with Crippen LogP contribution in [0.25, 0.3) is 38.8 Å². The summed E-state index contributed by atoms with van der Waals surface area (Å²) < 4.78 is 4.08. The molecule has 0 aliphatic rings. The van der Waals surface area contributed by atoms with Crippen LogP contribution in [-0.4, -0.2) is 14.8 Å². The number of pyridine rings is 1. The van der Waals surface area contributed by atoms with E-state index in [4.69, 9.17) is 5.10 Å². The molecule has 0 spiro atoms. The van der Waals surface area contributed by atoms with Crippen LogP contribution in [0.4, 0.5) is 0 Å². The SMILES string of the molecule is Brc1ccc(-n2nc(-c3ccccc3)c3cnc4ccc(Br)cc4c32)cc1. The fraction of sp³-hybridized carbons (Fsp3) is 0. The van der Waals surface area contributed by atoms with Crippen LogP contribution >= 0.6 is 31.9 Å². The molecular formula is C22H13Br2N3. The zero-order valence-corrected chi connectivity index (χ0v) is 17.3. The maximum absolute atomic E-state index is 4.99. The third kappa shape index (κ3) is 2.87. The van der Waals surface area contributed by atoms with Gasteiger partial charge in [0.2, 0.25) is 0 Å². The Balaban J connectivity index is 1.92. The minimum Gasteiger partial charge on any atom is -0.255 e. The van der Waals surface area contributed by atoms with Gasteiger partial charge in [-0.1, -0.05) is 62.2 Å². The molecule has 0 saturated carbocycles. The van der Waals surface area contributed by atoms with Gasteiger partial charge in [0.15, 0.2) is 0 Å². The first-order valence-electron chi connectivity index (χ1n) is 8.49. The number of benzene rings is 3. The van der Waals surface area contributed by atoms with Gasteiger partial charge in [0.1, 0.15) is 5.69 Å². The summed E-state index contributed by atoms with van der Waals surface area (Å²) in [4.78, 5) is 4.68. The Labute approximate surface area is 172 Å². The molecule has 5 rings (SSSR count). The zero-order valence-electron chi connectivity index (χ0n) is 14.1. The van der Waals surface area contributed by atoms with Gasteiger partial charge in [0, 0.05) is 31.5 Å². The molecule has 0 aliphatic heterocycles. The highest BCUT2D eigenvalue weighted by Crippen LogP contribution is 2.34. The third-order valence-electron chi connectivity index (χ3n) is 4.59. The smallest absolute Gasteiger partial charge is 0.102 e. The fourth-order valence-corrected chi connectivity index (χ4v) is 3.96. The van der Waals surface area contributed by atoms with Gasteiger partial charge >= 0.3 is 0 Å². The first-order valence-corrected chi connectivity index (χ1v) is 10.1. The van der Waals surface area contributed by atoms with Crippen molar-refractivity contribution in [1.29, 1.82) is 0 Å². The molecule has 0 amide bonds. The Bertz CT molecular complexity index is 1280. The quantitative estimate of drug-likeness (QED) is 0.280. The molecule has 0 N–H and O–H groups in total. The van der Waals surface area contributed by atoms with E-state index in [2.05, 4.69) is 67.2 Å². The second-order valence-corrected chi connectivity index (χ2v) is 8.12. The van der Waals surface area contributed by atoms with Crippen molar-refractivity contribution in [2.24, 2.45) is 0 Å². The number of hydrogen-bond acceptors (Lipinski definition) is 2. The molecule has 0 bridgehead atoms. The summed E-state index contributed by atoms with van der Waals surface area (Å²) in [6.45, 7) is 0. The molecule has 27 heavy (non-hydrogen) atoms. The van der Waals surface area contributed by atoms with Gasteiger partial charge < -0.3 is 0 Å². The molecule has 2 heterocycles. The maximum atomic E-state index is 4.99. The highest BCUT2D eigenvalue weighted by molar-refractivity contribution is 9.10. The van der Waals surface area contributed by atoms with E-state index in [1.165, 1.54) is 0 Å². The van der Waals surface area contributed by atoms with Crippen LogP contribution in [0.15, 0.2) is 87.9 Å². The number of nitrogens with zero attached hydrogens (tertiary/aromatic N) is 3. The summed E-state index contributed by atoms with van der Waals surface area (Å²) in [5.41, 5.74) is 5.03. The molecule has 0 fully saturated rings. The molecule has 3 nitrogen and oxygen atoms in total. The van der Waals surface area contributed by atoms with Gasteiger partial charge in [0.05, 0.1) is 16.7 Å². The largest absolute Gasteiger partial charge is 0.255 e. The van der Waals surface area contributed by atoms with Crippen LogP contribution in [-0.2, 0) is 0 Å². The third-order valence-corrected chi connectivity index (χ3v) is 5.61. The standard InChI is InChI=1S/C22H13Br2N3/c23-15-6-9-17(10-7-15)27-22-18-12-16(24)8-11-20(18)25-13-19(22)21(26-27)14-4-2-1-3-5-14/h1-13H. The van der Waals surface area contributed by atoms with E-state index in [-0.39, 0.29) is 0 Å². The first kappa shape index (κ1) is 16.7. The molecule has 0 unspecified atom stereocenters. The Hall–Kier alpha value is -2.50. The van der Waals surface area contributed by atoms with Crippen molar-refractivity contribution in [2.75, 3.05) is 0 Å². The summed E-state index contributed by atoms with van der Waals surface area (Å²) >= 11 is 7.11. The van der Waals surface area contributed by atoms with E-state index in [0.29, 0.717) is 0 Å². The molecule has 5 heteroatoms. The van der Waals surface area contributed by atoms with Crippen molar-refractivity contribution < 1.29 is 0 Å². The summed E-state index contributed by atoms with van der Waals surface area (Å²) in [6, 6.07) is 24.6. The molecule has 3 aromatic carbocycles. The van der Waals surface area contributed by atoms with Crippen LogP contribution in [0.2, 0.25) is 0 Å². The molecule has 0 saturated heterocycles. The number of rotatable bonds is 2. The summed E-state index contributed by atoms with van der Waals surface area (Å²) in [5, 5.41) is 7.09. The predicted octanol–water partition coefficient (Wildman–Crippen LogP) is 6.77. The van der Waals surface area contributed by atoms with E-state index in [9.17, 15) is 0 Å². The van der Waals surface area contributed by atoms with Gasteiger partial charge in [-0.3, -0.25) is 4.98 Å². The number of hydrogen-bond donors (Lipinski definition) is 0. The van der Waals surface area contributed by atoms with Gasteiger partial charge in [-0.15, -0.1) is 0 Å². The second-order valence-electron chi connectivity index (χ2n) is 6.28.